The van der Waals surface area contributed by atoms with Gasteiger partial charge >= 0.3 is 0 Å². The summed E-state index contributed by atoms with van der Waals surface area (Å²) in [4.78, 5) is 2.71. The Morgan fingerprint density at radius 1 is 1.31 bits per heavy atom. The topological polar surface area (TPSA) is 12.0 Å². The van der Waals surface area contributed by atoms with Crippen molar-refractivity contribution in [3.8, 4) is 0 Å². The number of rotatable bonds is 3. The van der Waals surface area contributed by atoms with Crippen molar-refractivity contribution in [2.75, 3.05) is 7.05 Å². The second kappa shape index (κ2) is 5.00. The van der Waals surface area contributed by atoms with Crippen LogP contribution >= 0.6 is 38.6 Å². The molecule has 1 nitrogen and oxygen atoms in total. The number of thiophene rings is 2. The Bertz CT molecular complexity index is 467. The zero-order chi connectivity index (χ0) is 11.7. The Morgan fingerprint density at radius 3 is 2.50 bits per heavy atom. The molecule has 0 aliphatic rings. The van der Waals surface area contributed by atoms with Crippen molar-refractivity contribution in [2.45, 2.75) is 19.9 Å². The van der Waals surface area contributed by atoms with E-state index in [1.165, 1.54) is 25.4 Å². The van der Waals surface area contributed by atoms with Crippen LogP contribution in [-0.2, 0) is 0 Å². The first-order chi connectivity index (χ1) is 7.63. The summed E-state index contributed by atoms with van der Waals surface area (Å²) in [5.74, 6) is 0. The molecule has 1 unspecified atom stereocenters. The Labute approximate surface area is 113 Å². The smallest absolute Gasteiger partial charge is 0.0679 e. The van der Waals surface area contributed by atoms with Crippen LogP contribution in [-0.4, -0.2) is 7.05 Å². The fourth-order valence-electron chi connectivity index (χ4n) is 1.74. The van der Waals surface area contributed by atoms with Crippen LogP contribution in [0.1, 0.15) is 26.9 Å². The fourth-order valence-corrected chi connectivity index (χ4v) is 4.31. The summed E-state index contributed by atoms with van der Waals surface area (Å²) in [5.41, 5.74) is 2.76. The molecule has 0 amide bonds. The highest BCUT2D eigenvalue weighted by atomic mass is 79.9. The lowest BCUT2D eigenvalue weighted by atomic mass is 10.1. The molecule has 2 aromatic rings. The molecule has 2 heterocycles. The molecular formula is C12H14BrNS2. The van der Waals surface area contributed by atoms with Gasteiger partial charge in [0.15, 0.2) is 0 Å². The summed E-state index contributed by atoms with van der Waals surface area (Å²) >= 11 is 7.20. The lowest BCUT2D eigenvalue weighted by molar-refractivity contribution is 0.702. The molecule has 0 saturated heterocycles. The average molecular weight is 316 g/mol. The molecule has 86 valence electrons. The first-order valence-corrected chi connectivity index (χ1v) is 7.64. The van der Waals surface area contributed by atoms with E-state index in [1.807, 2.05) is 18.4 Å². The Balaban J connectivity index is 2.40. The summed E-state index contributed by atoms with van der Waals surface area (Å²) in [5, 5.41) is 7.84. The minimum absolute atomic E-state index is 0.321. The first-order valence-electron chi connectivity index (χ1n) is 5.09. The van der Waals surface area contributed by atoms with Gasteiger partial charge in [-0.25, -0.2) is 0 Å². The lowest BCUT2D eigenvalue weighted by Gasteiger charge is -2.14. The van der Waals surface area contributed by atoms with Crippen LogP contribution < -0.4 is 5.32 Å². The zero-order valence-electron chi connectivity index (χ0n) is 9.50. The van der Waals surface area contributed by atoms with Crippen molar-refractivity contribution >= 4 is 38.6 Å². The quantitative estimate of drug-likeness (QED) is 0.879. The third-order valence-corrected chi connectivity index (χ3v) is 5.74. The van der Waals surface area contributed by atoms with Crippen molar-refractivity contribution in [2.24, 2.45) is 0 Å². The second-order valence-corrected chi connectivity index (χ2v) is 6.67. The third-order valence-electron chi connectivity index (χ3n) is 2.66. The third kappa shape index (κ3) is 2.25. The van der Waals surface area contributed by atoms with Crippen LogP contribution in [0.3, 0.4) is 0 Å². The van der Waals surface area contributed by atoms with E-state index >= 15 is 0 Å². The highest BCUT2D eigenvalue weighted by molar-refractivity contribution is 9.10. The second-order valence-electron chi connectivity index (χ2n) is 3.78. The average Bonchev–Trinajstić information content (AvgIpc) is 2.78. The van der Waals surface area contributed by atoms with Crippen LogP contribution in [0, 0.1) is 13.8 Å². The van der Waals surface area contributed by atoms with Gasteiger partial charge in [0, 0.05) is 14.2 Å². The van der Waals surface area contributed by atoms with Crippen molar-refractivity contribution in [3.05, 3.63) is 42.2 Å². The van der Waals surface area contributed by atoms with E-state index in [0.717, 1.165) is 0 Å². The standard InChI is InChI=1S/C12H14BrNS2/c1-7-5-15-6-9(7)12(14-3)11-4-10(13)8(2)16-11/h4-6,12,14H,1-3H3. The van der Waals surface area contributed by atoms with E-state index in [2.05, 4.69) is 51.9 Å². The molecule has 2 aromatic heterocycles. The Kier molecular flexibility index (Phi) is 3.85. The van der Waals surface area contributed by atoms with E-state index in [-0.39, 0.29) is 0 Å². The summed E-state index contributed by atoms with van der Waals surface area (Å²) < 4.78 is 1.21. The van der Waals surface area contributed by atoms with Crippen LogP contribution in [0.5, 0.6) is 0 Å². The first kappa shape index (κ1) is 12.3. The van der Waals surface area contributed by atoms with E-state index < -0.39 is 0 Å². The molecule has 1 N–H and O–H groups in total. The molecule has 0 fully saturated rings. The molecule has 0 aromatic carbocycles. The van der Waals surface area contributed by atoms with Crippen molar-refractivity contribution in [3.63, 3.8) is 0 Å². The van der Waals surface area contributed by atoms with Gasteiger partial charge in [0.25, 0.3) is 0 Å². The predicted molar refractivity (Wildman–Crippen MR) is 76.7 cm³/mol. The summed E-state index contributed by atoms with van der Waals surface area (Å²) in [6.07, 6.45) is 0. The highest BCUT2D eigenvalue weighted by Crippen LogP contribution is 2.35. The van der Waals surface area contributed by atoms with E-state index in [4.69, 9.17) is 0 Å². The monoisotopic (exact) mass is 315 g/mol. The van der Waals surface area contributed by atoms with Crippen LogP contribution in [0.4, 0.5) is 0 Å². The van der Waals surface area contributed by atoms with Gasteiger partial charge in [-0.05, 0) is 64.8 Å². The number of nitrogens with one attached hydrogen (secondary N) is 1. The van der Waals surface area contributed by atoms with E-state index in [9.17, 15) is 0 Å². The predicted octanol–water partition coefficient (Wildman–Crippen LogP) is 4.50. The summed E-state index contributed by atoms with van der Waals surface area (Å²) in [7, 11) is 2.02. The van der Waals surface area contributed by atoms with Gasteiger partial charge in [-0.15, -0.1) is 11.3 Å². The van der Waals surface area contributed by atoms with E-state index in [1.54, 1.807) is 11.3 Å². The molecule has 0 saturated carbocycles. The van der Waals surface area contributed by atoms with Gasteiger partial charge in [0.1, 0.15) is 0 Å². The van der Waals surface area contributed by atoms with Gasteiger partial charge in [-0.2, -0.15) is 11.3 Å². The SMILES string of the molecule is CNC(c1cc(Br)c(C)s1)c1cscc1C. The minimum atomic E-state index is 0.321. The van der Waals surface area contributed by atoms with Crippen LogP contribution in [0.25, 0.3) is 0 Å². The van der Waals surface area contributed by atoms with Gasteiger partial charge in [-0.1, -0.05) is 0 Å². The molecule has 0 spiro atoms. The van der Waals surface area contributed by atoms with Crippen molar-refractivity contribution in [1.82, 2.24) is 5.32 Å². The molecule has 4 heteroatoms. The molecule has 1 atom stereocenters. The summed E-state index contributed by atoms with van der Waals surface area (Å²) in [6.45, 7) is 4.32. The number of hydrogen-bond acceptors (Lipinski definition) is 3. The van der Waals surface area contributed by atoms with Gasteiger partial charge in [-0.3, -0.25) is 0 Å². The summed E-state index contributed by atoms with van der Waals surface area (Å²) in [6, 6.07) is 2.54. The molecular weight excluding hydrogens is 302 g/mol. The maximum Gasteiger partial charge on any atom is 0.0679 e. The molecule has 2 rings (SSSR count). The number of hydrogen-bond donors (Lipinski definition) is 1. The molecule has 16 heavy (non-hydrogen) atoms. The Morgan fingerprint density at radius 2 is 2.06 bits per heavy atom. The Hall–Kier alpha value is -0.160. The lowest BCUT2D eigenvalue weighted by Crippen LogP contribution is -2.16. The molecule has 0 aliphatic carbocycles. The highest BCUT2D eigenvalue weighted by Gasteiger charge is 2.17. The maximum absolute atomic E-state index is 3.58. The van der Waals surface area contributed by atoms with Crippen LogP contribution in [0.15, 0.2) is 21.3 Å². The van der Waals surface area contributed by atoms with E-state index in [0.29, 0.717) is 6.04 Å². The zero-order valence-corrected chi connectivity index (χ0v) is 12.7. The normalized spacial score (nSPS) is 13.0. The molecule has 0 radical (unpaired) electrons. The van der Waals surface area contributed by atoms with Gasteiger partial charge in [0.05, 0.1) is 6.04 Å². The van der Waals surface area contributed by atoms with Gasteiger partial charge in [0.2, 0.25) is 0 Å². The maximum atomic E-state index is 3.58. The van der Waals surface area contributed by atoms with Crippen molar-refractivity contribution < 1.29 is 0 Å². The molecule has 0 bridgehead atoms. The molecule has 0 aliphatic heterocycles. The largest absolute Gasteiger partial charge is 0.309 e. The van der Waals surface area contributed by atoms with Gasteiger partial charge < -0.3 is 5.32 Å². The number of halogens is 1. The van der Waals surface area contributed by atoms with Crippen LogP contribution in [0.2, 0.25) is 0 Å². The minimum Gasteiger partial charge on any atom is -0.309 e. The fraction of sp³-hybridized carbons (Fsp3) is 0.333. The number of aryl methyl sites for hydroxylation is 2. The van der Waals surface area contributed by atoms with Crippen molar-refractivity contribution in [1.29, 1.82) is 0 Å².